The van der Waals surface area contributed by atoms with Crippen LogP contribution in [0.5, 0.6) is 0 Å². The van der Waals surface area contributed by atoms with Gasteiger partial charge in [0.1, 0.15) is 12.1 Å². The van der Waals surface area contributed by atoms with E-state index in [1.165, 1.54) is 10.5 Å². The van der Waals surface area contributed by atoms with Crippen molar-refractivity contribution in [2.45, 2.75) is 85.5 Å². The van der Waals surface area contributed by atoms with Crippen LogP contribution in [0, 0.1) is 6.92 Å². The van der Waals surface area contributed by atoms with E-state index in [0.717, 1.165) is 41.8 Å². The van der Waals surface area contributed by atoms with Gasteiger partial charge in [-0.15, -0.1) is 0 Å². The van der Waals surface area contributed by atoms with Gasteiger partial charge in [0.15, 0.2) is 11.0 Å². The van der Waals surface area contributed by atoms with Gasteiger partial charge >= 0.3 is 6.09 Å². The Labute approximate surface area is 231 Å². The quantitative estimate of drug-likeness (QED) is 0.309. The average molecular weight is 534 g/mol. The Morgan fingerprint density at radius 3 is 2.38 bits per heavy atom. The molecule has 3 aromatic rings. The largest absolute Gasteiger partial charge is 0.444 e. The Kier molecular flexibility index (Phi) is 8.42. The van der Waals surface area contributed by atoms with E-state index in [4.69, 9.17) is 4.74 Å². The van der Waals surface area contributed by atoms with Gasteiger partial charge in [0.25, 0.3) is 11.7 Å². The van der Waals surface area contributed by atoms with Gasteiger partial charge in [0, 0.05) is 18.7 Å². The zero-order chi connectivity index (χ0) is 28.3. The van der Waals surface area contributed by atoms with E-state index in [2.05, 4.69) is 41.2 Å². The maximum Gasteiger partial charge on any atom is 0.410 e. The fourth-order valence-corrected chi connectivity index (χ4v) is 5.54. The second kappa shape index (κ2) is 11.6. The number of imide groups is 1. The molecule has 0 atom stereocenters. The Morgan fingerprint density at radius 1 is 1.10 bits per heavy atom. The Balaban J connectivity index is 1.60. The van der Waals surface area contributed by atoms with Crippen LogP contribution in [0.2, 0.25) is 0 Å². The van der Waals surface area contributed by atoms with Crippen LogP contribution in [0.3, 0.4) is 0 Å². The number of piperidine rings is 1. The number of carbonyl (C=O) groups is 3. The van der Waals surface area contributed by atoms with Crippen LogP contribution in [0.25, 0.3) is 11.0 Å². The van der Waals surface area contributed by atoms with Gasteiger partial charge in [0.05, 0.1) is 13.1 Å². The number of fused-ring (bicyclic) bond motifs is 1. The summed E-state index contributed by atoms with van der Waals surface area (Å²) in [7, 11) is 0. The number of rotatable bonds is 7. The summed E-state index contributed by atoms with van der Waals surface area (Å²) in [4.78, 5) is 41.0. The van der Waals surface area contributed by atoms with Gasteiger partial charge < -0.3 is 9.64 Å². The molecule has 1 aliphatic rings. The van der Waals surface area contributed by atoms with Crippen molar-refractivity contribution in [3.8, 4) is 0 Å². The summed E-state index contributed by atoms with van der Waals surface area (Å²) < 4.78 is 9.95. The molecule has 208 valence electrons. The lowest BCUT2D eigenvalue weighted by molar-refractivity contribution is -0.677. The third-order valence-electron chi connectivity index (χ3n) is 7.53. The number of hydrogen-bond donors (Lipinski definition) is 0. The first-order valence-corrected chi connectivity index (χ1v) is 13.9. The molecule has 1 aliphatic heterocycles. The molecular weight excluding hydrogens is 492 g/mol. The highest BCUT2D eigenvalue weighted by Crippen LogP contribution is 2.31. The van der Waals surface area contributed by atoms with Crippen molar-refractivity contribution in [2.75, 3.05) is 13.1 Å². The SMILES string of the molecule is CCn1c(CN(C=O)C(=O)c2ccccc2C)[n+](CC)c2ccc(C3CCN(C(=O)OC(C)(C)C)CC3)cc21. The second-order valence-electron chi connectivity index (χ2n) is 11.2. The molecule has 2 aromatic carbocycles. The van der Waals surface area contributed by atoms with Gasteiger partial charge in [0.2, 0.25) is 6.41 Å². The number of benzene rings is 2. The van der Waals surface area contributed by atoms with Crippen LogP contribution >= 0.6 is 0 Å². The summed E-state index contributed by atoms with van der Waals surface area (Å²) >= 11 is 0. The van der Waals surface area contributed by atoms with Crippen LogP contribution in [0.15, 0.2) is 42.5 Å². The molecule has 4 rings (SSSR count). The number of imidazole rings is 1. The van der Waals surface area contributed by atoms with E-state index in [-0.39, 0.29) is 18.5 Å². The van der Waals surface area contributed by atoms with Crippen LogP contribution in [0.4, 0.5) is 4.79 Å². The Morgan fingerprint density at radius 2 is 1.79 bits per heavy atom. The van der Waals surface area contributed by atoms with Crippen molar-refractivity contribution >= 4 is 29.4 Å². The second-order valence-corrected chi connectivity index (χ2v) is 11.2. The van der Waals surface area contributed by atoms with Crippen molar-refractivity contribution in [3.05, 3.63) is 65.0 Å². The number of aromatic nitrogens is 2. The molecule has 1 saturated heterocycles. The normalized spacial score (nSPS) is 14.5. The zero-order valence-electron chi connectivity index (χ0n) is 24.1. The molecule has 0 unspecified atom stereocenters. The molecule has 39 heavy (non-hydrogen) atoms. The highest BCUT2D eigenvalue weighted by Gasteiger charge is 2.31. The maximum atomic E-state index is 13.3. The minimum absolute atomic E-state index is 0.191. The molecular formula is C31H41N4O4+. The van der Waals surface area contributed by atoms with Crippen LogP contribution in [0.1, 0.15) is 80.7 Å². The average Bonchev–Trinajstić information content (AvgIpc) is 3.22. The van der Waals surface area contributed by atoms with E-state index in [9.17, 15) is 14.4 Å². The first kappa shape index (κ1) is 28.3. The van der Waals surface area contributed by atoms with Crippen molar-refractivity contribution in [3.63, 3.8) is 0 Å². The molecule has 0 saturated carbocycles. The molecule has 3 amide bonds. The molecule has 0 radical (unpaired) electrons. The smallest absolute Gasteiger partial charge is 0.410 e. The first-order chi connectivity index (χ1) is 18.6. The first-order valence-electron chi connectivity index (χ1n) is 13.9. The predicted molar refractivity (Wildman–Crippen MR) is 150 cm³/mol. The van der Waals surface area contributed by atoms with Crippen LogP contribution in [-0.4, -0.2) is 51.5 Å². The fraction of sp³-hybridized carbons (Fsp3) is 0.484. The monoisotopic (exact) mass is 533 g/mol. The number of likely N-dealkylation sites (tertiary alicyclic amines) is 1. The lowest BCUT2D eigenvalue weighted by Gasteiger charge is -2.33. The number of carbonyl (C=O) groups excluding carboxylic acids is 3. The third-order valence-corrected chi connectivity index (χ3v) is 7.53. The molecule has 8 nitrogen and oxygen atoms in total. The Hall–Kier alpha value is -3.68. The van der Waals surface area contributed by atoms with Crippen molar-refractivity contribution < 1.29 is 23.7 Å². The topological polar surface area (TPSA) is 75.7 Å². The number of aryl methyl sites for hydroxylation is 3. The minimum Gasteiger partial charge on any atom is -0.444 e. The minimum atomic E-state index is -0.499. The summed E-state index contributed by atoms with van der Waals surface area (Å²) in [6.07, 6.45) is 2.14. The van der Waals surface area contributed by atoms with E-state index >= 15 is 0 Å². The summed E-state index contributed by atoms with van der Waals surface area (Å²) in [6, 6.07) is 13.9. The zero-order valence-corrected chi connectivity index (χ0v) is 24.1. The molecule has 1 fully saturated rings. The predicted octanol–water partition coefficient (Wildman–Crippen LogP) is 5.19. The fourth-order valence-electron chi connectivity index (χ4n) is 5.54. The Bertz CT molecular complexity index is 1360. The molecule has 0 aliphatic carbocycles. The number of hydrogen-bond acceptors (Lipinski definition) is 4. The summed E-state index contributed by atoms with van der Waals surface area (Å²) in [5.74, 6) is 0.970. The summed E-state index contributed by atoms with van der Waals surface area (Å²) in [6.45, 7) is 14.7. The van der Waals surface area contributed by atoms with E-state index in [0.29, 0.717) is 37.5 Å². The number of amides is 3. The van der Waals surface area contributed by atoms with E-state index in [1.807, 2.05) is 45.9 Å². The lowest BCUT2D eigenvalue weighted by atomic mass is 9.89. The summed E-state index contributed by atoms with van der Waals surface area (Å²) in [5.41, 5.74) is 4.30. The molecule has 1 aromatic heterocycles. The van der Waals surface area contributed by atoms with Gasteiger partial charge in [-0.1, -0.05) is 24.3 Å². The standard InChI is InChI=1S/C31H41N4O4/c1-7-34-26-14-13-24(23-15-17-32(18-16-23)30(38)39-31(4,5)6)19-27(26)35(8-2)28(34)20-33(21-36)29(37)25-12-10-9-11-22(25)3/h9-14,19,21,23H,7-8,15-18,20H2,1-6H3/q+1. The van der Waals surface area contributed by atoms with Crippen molar-refractivity contribution in [1.29, 1.82) is 0 Å². The molecule has 8 heteroatoms. The van der Waals surface area contributed by atoms with E-state index in [1.54, 1.807) is 11.0 Å². The molecule has 0 bridgehead atoms. The highest BCUT2D eigenvalue weighted by molar-refractivity contribution is 6.00. The van der Waals surface area contributed by atoms with Crippen LogP contribution in [-0.2, 0) is 29.2 Å². The van der Waals surface area contributed by atoms with Gasteiger partial charge in [-0.05, 0) is 89.6 Å². The maximum absolute atomic E-state index is 13.3. The molecule has 2 heterocycles. The summed E-state index contributed by atoms with van der Waals surface area (Å²) in [5, 5.41) is 0. The molecule has 0 N–H and O–H groups in total. The van der Waals surface area contributed by atoms with Gasteiger partial charge in [-0.3, -0.25) is 14.5 Å². The van der Waals surface area contributed by atoms with E-state index < -0.39 is 5.60 Å². The number of nitrogens with zero attached hydrogens (tertiary/aromatic N) is 4. The highest BCUT2D eigenvalue weighted by atomic mass is 16.6. The number of ether oxygens (including phenoxy) is 1. The van der Waals surface area contributed by atoms with Crippen molar-refractivity contribution in [1.82, 2.24) is 14.4 Å². The van der Waals surface area contributed by atoms with Gasteiger partial charge in [-0.2, -0.15) is 0 Å². The van der Waals surface area contributed by atoms with Crippen LogP contribution < -0.4 is 4.57 Å². The van der Waals surface area contributed by atoms with Gasteiger partial charge in [-0.25, -0.2) is 13.9 Å². The molecule has 0 spiro atoms. The third kappa shape index (κ3) is 6.00. The van der Waals surface area contributed by atoms with Crippen molar-refractivity contribution in [2.24, 2.45) is 0 Å². The lowest BCUT2D eigenvalue weighted by Crippen LogP contribution is -2.41.